The molecule has 5 heteroatoms. The lowest BCUT2D eigenvalue weighted by Crippen LogP contribution is -2.40. The molecule has 2 aromatic carbocycles. The van der Waals surface area contributed by atoms with E-state index in [-0.39, 0.29) is 12.1 Å². The number of hydrogen-bond donors (Lipinski definition) is 2. The second-order valence-corrected chi connectivity index (χ2v) is 6.35. The molecule has 0 aliphatic carbocycles. The van der Waals surface area contributed by atoms with E-state index in [4.69, 9.17) is 0 Å². The Hall–Kier alpha value is -2.89. The Bertz CT molecular complexity index is 868. The van der Waals surface area contributed by atoms with Gasteiger partial charge in [-0.1, -0.05) is 55.1 Å². The van der Waals surface area contributed by atoms with Gasteiger partial charge in [-0.05, 0) is 36.6 Å². The van der Waals surface area contributed by atoms with Crippen LogP contribution in [0.2, 0.25) is 0 Å². The topological polar surface area (TPSA) is 61.7 Å². The first-order valence-corrected chi connectivity index (χ1v) is 8.51. The van der Waals surface area contributed by atoms with Crippen LogP contribution in [0, 0.1) is 5.82 Å². The summed E-state index contributed by atoms with van der Waals surface area (Å²) in [5.74, 6) is -0.511. The summed E-state index contributed by atoms with van der Waals surface area (Å²) >= 11 is 0. The summed E-state index contributed by atoms with van der Waals surface area (Å²) in [6.45, 7) is 7.45. The number of hydrogen-bond acceptors (Lipinski definition) is 4. The summed E-state index contributed by atoms with van der Waals surface area (Å²) in [7, 11) is 0. The number of halogens is 1. The Labute approximate surface area is 158 Å². The highest BCUT2D eigenvalue weighted by molar-refractivity contribution is 5.82. The van der Waals surface area contributed by atoms with E-state index in [1.54, 1.807) is 42.6 Å². The Morgan fingerprint density at radius 1 is 1.22 bits per heavy atom. The standard InChI is InChI=1S/C22H23FN2O2/c1-4-17(13-24-16(2)3)18-9-11-19(12-10-18)22(15-26,14-25-27)20-7-5-6-8-21(20)23/h4-13,15,25,27H,1,14H2,2-3H3/b17-13+. The van der Waals surface area contributed by atoms with E-state index in [9.17, 15) is 14.4 Å². The highest BCUT2D eigenvalue weighted by atomic mass is 19.1. The maximum atomic E-state index is 14.4. The van der Waals surface area contributed by atoms with Crippen LogP contribution in [0.1, 0.15) is 30.5 Å². The zero-order valence-corrected chi connectivity index (χ0v) is 15.4. The number of hydroxylamine groups is 1. The number of benzene rings is 2. The summed E-state index contributed by atoms with van der Waals surface area (Å²) in [6, 6.07) is 13.2. The quantitative estimate of drug-likeness (QED) is 0.317. The van der Waals surface area contributed by atoms with Crippen molar-refractivity contribution < 1.29 is 14.4 Å². The molecule has 0 aliphatic rings. The first kappa shape index (κ1) is 20.4. The highest BCUT2D eigenvalue weighted by Gasteiger charge is 2.36. The lowest BCUT2D eigenvalue weighted by Gasteiger charge is -2.29. The molecule has 0 aliphatic heterocycles. The maximum Gasteiger partial charge on any atom is 0.136 e. The molecule has 0 fully saturated rings. The Morgan fingerprint density at radius 2 is 1.89 bits per heavy atom. The van der Waals surface area contributed by atoms with Crippen LogP contribution in [0.25, 0.3) is 5.57 Å². The number of carbonyl (C=O) groups excluding carboxylic acids is 1. The third-order valence-corrected chi connectivity index (χ3v) is 4.33. The van der Waals surface area contributed by atoms with E-state index in [0.29, 0.717) is 11.8 Å². The Balaban J connectivity index is 2.54. The van der Waals surface area contributed by atoms with Gasteiger partial charge in [-0.15, -0.1) is 0 Å². The molecule has 0 amide bonds. The van der Waals surface area contributed by atoms with Gasteiger partial charge in [0.25, 0.3) is 0 Å². The fourth-order valence-corrected chi connectivity index (χ4v) is 2.88. The normalized spacial score (nSPS) is 13.6. The van der Waals surface area contributed by atoms with Crippen LogP contribution in [0.4, 0.5) is 4.39 Å². The van der Waals surface area contributed by atoms with Crippen LogP contribution in [0.3, 0.4) is 0 Å². The van der Waals surface area contributed by atoms with Gasteiger partial charge in [-0.25, -0.2) is 9.87 Å². The lowest BCUT2D eigenvalue weighted by molar-refractivity contribution is -0.112. The SMILES string of the molecule is C=C/C(=C\N=C(C)C)c1ccc(C(C=O)(CNO)c2ccccc2F)cc1. The maximum absolute atomic E-state index is 14.4. The van der Waals surface area contributed by atoms with Crippen LogP contribution < -0.4 is 5.48 Å². The van der Waals surface area contributed by atoms with Crippen molar-refractivity contribution in [2.75, 3.05) is 6.54 Å². The number of aldehydes is 1. The average molecular weight is 366 g/mol. The van der Waals surface area contributed by atoms with Crippen molar-refractivity contribution in [1.82, 2.24) is 5.48 Å². The van der Waals surface area contributed by atoms with Gasteiger partial charge in [0.05, 0.1) is 5.41 Å². The average Bonchev–Trinajstić information content (AvgIpc) is 2.67. The smallest absolute Gasteiger partial charge is 0.136 e. The molecule has 0 saturated carbocycles. The molecule has 2 N–H and O–H groups in total. The zero-order valence-electron chi connectivity index (χ0n) is 15.4. The first-order valence-electron chi connectivity index (χ1n) is 8.51. The van der Waals surface area contributed by atoms with Gasteiger partial charge in [0.1, 0.15) is 12.1 Å². The predicted molar refractivity (Wildman–Crippen MR) is 106 cm³/mol. The van der Waals surface area contributed by atoms with Crippen LogP contribution in [0.15, 0.2) is 72.4 Å². The predicted octanol–water partition coefficient (Wildman–Crippen LogP) is 4.30. The van der Waals surface area contributed by atoms with Crippen molar-refractivity contribution in [3.8, 4) is 0 Å². The zero-order chi connectivity index (χ0) is 19.9. The number of nitrogens with zero attached hydrogens (tertiary/aromatic N) is 1. The number of nitrogens with one attached hydrogen (secondary N) is 1. The van der Waals surface area contributed by atoms with Crippen molar-refractivity contribution in [3.05, 3.63) is 89.9 Å². The lowest BCUT2D eigenvalue weighted by atomic mass is 9.75. The van der Waals surface area contributed by atoms with E-state index in [2.05, 4.69) is 11.6 Å². The van der Waals surface area contributed by atoms with Crippen molar-refractivity contribution in [1.29, 1.82) is 0 Å². The first-order chi connectivity index (χ1) is 13.0. The number of allylic oxidation sites excluding steroid dienone is 2. The largest absolute Gasteiger partial charge is 0.317 e. The van der Waals surface area contributed by atoms with E-state index >= 15 is 0 Å². The molecule has 0 aromatic heterocycles. The molecular formula is C22H23FN2O2. The number of rotatable bonds is 8. The fourth-order valence-electron chi connectivity index (χ4n) is 2.88. The molecule has 27 heavy (non-hydrogen) atoms. The van der Waals surface area contributed by atoms with Gasteiger partial charge >= 0.3 is 0 Å². The Morgan fingerprint density at radius 3 is 2.41 bits per heavy atom. The van der Waals surface area contributed by atoms with E-state index in [1.165, 1.54) is 6.07 Å². The molecule has 1 unspecified atom stereocenters. The van der Waals surface area contributed by atoms with Crippen molar-refractivity contribution in [3.63, 3.8) is 0 Å². The number of carbonyl (C=O) groups is 1. The molecule has 0 spiro atoms. The molecule has 1 atom stereocenters. The third kappa shape index (κ3) is 4.45. The van der Waals surface area contributed by atoms with E-state index in [0.717, 1.165) is 16.8 Å². The molecule has 2 aromatic rings. The van der Waals surface area contributed by atoms with Gasteiger partial charge < -0.3 is 10.0 Å². The van der Waals surface area contributed by atoms with Crippen molar-refractivity contribution in [2.24, 2.45) is 4.99 Å². The Kier molecular flexibility index (Phi) is 6.93. The molecular weight excluding hydrogens is 343 g/mol. The molecule has 4 nitrogen and oxygen atoms in total. The summed E-state index contributed by atoms with van der Waals surface area (Å²) in [4.78, 5) is 16.3. The molecule has 0 bridgehead atoms. The van der Waals surface area contributed by atoms with Crippen LogP contribution >= 0.6 is 0 Å². The van der Waals surface area contributed by atoms with E-state index in [1.807, 2.05) is 31.5 Å². The second-order valence-electron chi connectivity index (χ2n) is 6.35. The van der Waals surface area contributed by atoms with E-state index < -0.39 is 11.2 Å². The molecule has 0 radical (unpaired) electrons. The van der Waals surface area contributed by atoms with Gasteiger partial charge in [-0.2, -0.15) is 0 Å². The summed E-state index contributed by atoms with van der Waals surface area (Å²) in [5, 5.41) is 9.28. The minimum atomic E-state index is -1.35. The second kappa shape index (κ2) is 9.16. The van der Waals surface area contributed by atoms with Gasteiger partial charge in [-0.3, -0.25) is 4.99 Å². The van der Waals surface area contributed by atoms with Gasteiger partial charge in [0.2, 0.25) is 0 Å². The van der Waals surface area contributed by atoms with Crippen molar-refractivity contribution >= 4 is 17.6 Å². The number of aliphatic imine (C=N–C) groups is 1. The summed E-state index contributed by atoms with van der Waals surface area (Å²) < 4.78 is 14.4. The van der Waals surface area contributed by atoms with Gasteiger partial charge in [0.15, 0.2) is 0 Å². The molecule has 0 heterocycles. The fraction of sp³-hybridized carbons (Fsp3) is 0.182. The van der Waals surface area contributed by atoms with Crippen LogP contribution in [-0.2, 0) is 10.2 Å². The third-order valence-electron chi connectivity index (χ3n) is 4.33. The minimum absolute atomic E-state index is 0.153. The molecule has 2 rings (SSSR count). The monoisotopic (exact) mass is 366 g/mol. The van der Waals surface area contributed by atoms with Gasteiger partial charge in [0, 0.05) is 24.0 Å². The van der Waals surface area contributed by atoms with Crippen molar-refractivity contribution in [2.45, 2.75) is 19.3 Å². The van der Waals surface area contributed by atoms with Crippen LogP contribution in [-0.4, -0.2) is 23.7 Å². The highest BCUT2D eigenvalue weighted by Crippen LogP contribution is 2.32. The van der Waals surface area contributed by atoms with Crippen LogP contribution in [0.5, 0.6) is 0 Å². The minimum Gasteiger partial charge on any atom is -0.317 e. The molecule has 140 valence electrons. The summed E-state index contributed by atoms with van der Waals surface area (Å²) in [5.41, 5.74) is 4.03. The summed E-state index contributed by atoms with van der Waals surface area (Å²) in [6.07, 6.45) is 4.07. The molecule has 0 saturated heterocycles.